The van der Waals surface area contributed by atoms with E-state index >= 15 is 0 Å². The van der Waals surface area contributed by atoms with Gasteiger partial charge in [0.25, 0.3) is 0 Å². The summed E-state index contributed by atoms with van der Waals surface area (Å²) in [6.07, 6.45) is 7.05. The van der Waals surface area contributed by atoms with Crippen molar-refractivity contribution < 1.29 is 0 Å². The highest BCUT2D eigenvalue weighted by Gasteiger charge is 2.29. The van der Waals surface area contributed by atoms with Gasteiger partial charge in [-0.15, -0.1) is 0 Å². The molecule has 1 saturated carbocycles. The third-order valence-electron chi connectivity index (χ3n) is 3.76. The molecule has 0 aromatic rings. The molecule has 1 unspecified atom stereocenters. The fraction of sp³-hybridized carbons (Fsp3) is 1.00. The molecule has 0 bridgehead atoms. The highest BCUT2D eigenvalue weighted by Crippen LogP contribution is 2.36. The second-order valence-corrected chi connectivity index (χ2v) is 5.20. The van der Waals surface area contributed by atoms with Gasteiger partial charge in [-0.25, -0.2) is 0 Å². The van der Waals surface area contributed by atoms with E-state index in [0.29, 0.717) is 11.5 Å². The Kier molecular flexibility index (Phi) is 3.78. The van der Waals surface area contributed by atoms with Crippen LogP contribution in [0, 0.1) is 11.3 Å². The summed E-state index contributed by atoms with van der Waals surface area (Å²) in [5.41, 5.74) is 0.462. The summed E-state index contributed by atoms with van der Waals surface area (Å²) < 4.78 is 0. The Morgan fingerprint density at radius 2 is 2.00 bits per heavy atom. The van der Waals surface area contributed by atoms with E-state index in [1.165, 1.54) is 32.1 Å². The Balaban J connectivity index is 2.30. The van der Waals surface area contributed by atoms with Gasteiger partial charge in [0.1, 0.15) is 0 Å². The standard InChI is InChI=1S/C12H25N/c1-5-12(2,3)11(13-4)9-8-10-6-7-10/h10-11,13H,5-9H2,1-4H3. The minimum absolute atomic E-state index is 0.462. The van der Waals surface area contributed by atoms with Crippen molar-refractivity contribution in [1.29, 1.82) is 0 Å². The van der Waals surface area contributed by atoms with Crippen LogP contribution in [-0.2, 0) is 0 Å². The van der Waals surface area contributed by atoms with Gasteiger partial charge in [0.15, 0.2) is 0 Å². The lowest BCUT2D eigenvalue weighted by atomic mass is 9.79. The molecular formula is C12H25N. The predicted octanol–water partition coefficient (Wildman–Crippen LogP) is 3.20. The van der Waals surface area contributed by atoms with Crippen LogP contribution in [0.4, 0.5) is 0 Å². The molecule has 78 valence electrons. The second kappa shape index (κ2) is 4.45. The molecular weight excluding hydrogens is 158 g/mol. The average molecular weight is 183 g/mol. The molecule has 0 heterocycles. The van der Waals surface area contributed by atoms with E-state index < -0.39 is 0 Å². The van der Waals surface area contributed by atoms with Gasteiger partial charge in [0.05, 0.1) is 0 Å². The van der Waals surface area contributed by atoms with Crippen LogP contribution in [0.2, 0.25) is 0 Å². The van der Waals surface area contributed by atoms with Crippen molar-refractivity contribution in [3.8, 4) is 0 Å². The van der Waals surface area contributed by atoms with Gasteiger partial charge >= 0.3 is 0 Å². The van der Waals surface area contributed by atoms with E-state index in [1.54, 1.807) is 0 Å². The molecule has 0 aliphatic heterocycles. The van der Waals surface area contributed by atoms with Crippen molar-refractivity contribution in [2.24, 2.45) is 11.3 Å². The van der Waals surface area contributed by atoms with Crippen LogP contribution in [0.3, 0.4) is 0 Å². The van der Waals surface area contributed by atoms with Crippen LogP contribution >= 0.6 is 0 Å². The average Bonchev–Trinajstić information content (AvgIpc) is 2.89. The normalized spacial score (nSPS) is 20.3. The molecule has 0 aromatic heterocycles. The van der Waals surface area contributed by atoms with Crippen LogP contribution in [0.5, 0.6) is 0 Å². The summed E-state index contributed by atoms with van der Waals surface area (Å²) in [6.45, 7) is 7.05. The minimum Gasteiger partial charge on any atom is -0.316 e. The zero-order valence-electron chi connectivity index (χ0n) is 9.69. The second-order valence-electron chi connectivity index (χ2n) is 5.20. The molecule has 1 nitrogen and oxygen atoms in total. The zero-order chi connectivity index (χ0) is 9.90. The lowest BCUT2D eigenvalue weighted by molar-refractivity contribution is 0.225. The molecule has 0 radical (unpaired) electrons. The Morgan fingerprint density at radius 3 is 2.38 bits per heavy atom. The lowest BCUT2D eigenvalue weighted by Crippen LogP contribution is -2.39. The molecule has 1 aliphatic rings. The Labute approximate surface area is 83.3 Å². The summed E-state index contributed by atoms with van der Waals surface area (Å²) in [7, 11) is 2.11. The fourth-order valence-electron chi connectivity index (χ4n) is 1.98. The maximum atomic E-state index is 3.48. The van der Waals surface area contributed by atoms with E-state index in [1.807, 2.05) is 0 Å². The van der Waals surface area contributed by atoms with E-state index in [2.05, 4.69) is 33.1 Å². The first kappa shape index (κ1) is 11.0. The first-order valence-corrected chi connectivity index (χ1v) is 5.77. The SMILES string of the molecule is CCC(C)(C)C(CCC1CC1)NC. The van der Waals surface area contributed by atoms with Crippen LogP contribution in [0.15, 0.2) is 0 Å². The molecule has 1 atom stereocenters. The lowest BCUT2D eigenvalue weighted by Gasteiger charge is -2.33. The van der Waals surface area contributed by atoms with Crippen molar-refractivity contribution in [2.75, 3.05) is 7.05 Å². The number of hydrogen-bond donors (Lipinski definition) is 1. The monoisotopic (exact) mass is 183 g/mol. The highest BCUT2D eigenvalue weighted by atomic mass is 14.9. The largest absolute Gasteiger partial charge is 0.316 e. The summed E-state index contributed by atoms with van der Waals surface area (Å²) in [4.78, 5) is 0. The Bertz CT molecular complexity index is 147. The van der Waals surface area contributed by atoms with E-state index in [4.69, 9.17) is 0 Å². The topological polar surface area (TPSA) is 12.0 Å². The summed E-state index contributed by atoms with van der Waals surface area (Å²) in [5, 5.41) is 3.48. The van der Waals surface area contributed by atoms with Gasteiger partial charge in [-0.1, -0.05) is 33.6 Å². The van der Waals surface area contributed by atoms with Crippen LogP contribution < -0.4 is 5.32 Å². The minimum atomic E-state index is 0.462. The van der Waals surface area contributed by atoms with Gasteiger partial charge in [-0.3, -0.25) is 0 Å². The molecule has 0 spiro atoms. The smallest absolute Gasteiger partial charge is 0.0115 e. The van der Waals surface area contributed by atoms with Crippen molar-refractivity contribution in [2.45, 2.75) is 58.9 Å². The first-order valence-electron chi connectivity index (χ1n) is 5.77. The van der Waals surface area contributed by atoms with Crippen molar-refractivity contribution in [3.63, 3.8) is 0 Å². The maximum Gasteiger partial charge on any atom is 0.0115 e. The van der Waals surface area contributed by atoms with Gasteiger partial charge in [0, 0.05) is 6.04 Å². The first-order chi connectivity index (χ1) is 6.10. The summed E-state index contributed by atoms with van der Waals surface area (Å²) >= 11 is 0. The van der Waals surface area contributed by atoms with Crippen molar-refractivity contribution in [1.82, 2.24) is 5.32 Å². The summed E-state index contributed by atoms with van der Waals surface area (Å²) in [6, 6.07) is 0.707. The molecule has 1 fully saturated rings. The van der Waals surface area contributed by atoms with E-state index in [9.17, 15) is 0 Å². The van der Waals surface area contributed by atoms with E-state index in [-0.39, 0.29) is 0 Å². The zero-order valence-corrected chi connectivity index (χ0v) is 9.69. The van der Waals surface area contributed by atoms with Crippen molar-refractivity contribution >= 4 is 0 Å². The third kappa shape index (κ3) is 3.30. The molecule has 0 aromatic carbocycles. The van der Waals surface area contributed by atoms with Gasteiger partial charge in [-0.05, 0) is 37.6 Å². The molecule has 13 heavy (non-hydrogen) atoms. The van der Waals surface area contributed by atoms with Gasteiger partial charge in [-0.2, -0.15) is 0 Å². The van der Waals surface area contributed by atoms with Crippen LogP contribution in [0.25, 0.3) is 0 Å². The Morgan fingerprint density at radius 1 is 1.38 bits per heavy atom. The molecule has 1 aliphatic carbocycles. The summed E-state index contributed by atoms with van der Waals surface area (Å²) in [5.74, 6) is 1.07. The van der Waals surface area contributed by atoms with Crippen LogP contribution in [-0.4, -0.2) is 13.1 Å². The number of nitrogens with one attached hydrogen (secondary N) is 1. The molecule has 0 amide bonds. The number of hydrogen-bond acceptors (Lipinski definition) is 1. The molecule has 1 heteroatoms. The van der Waals surface area contributed by atoms with Crippen LogP contribution in [0.1, 0.15) is 52.9 Å². The highest BCUT2D eigenvalue weighted by molar-refractivity contribution is 4.84. The molecule has 0 saturated heterocycles. The molecule has 1 N–H and O–H groups in total. The van der Waals surface area contributed by atoms with E-state index in [0.717, 1.165) is 5.92 Å². The van der Waals surface area contributed by atoms with Gasteiger partial charge in [0.2, 0.25) is 0 Å². The quantitative estimate of drug-likeness (QED) is 0.667. The molecule has 1 rings (SSSR count). The Hall–Kier alpha value is -0.0400. The third-order valence-corrected chi connectivity index (χ3v) is 3.76. The van der Waals surface area contributed by atoms with Crippen molar-refractivity contribution in [3.05, 3.63) is 0 Å². The fourth-order valence-corrected chi connectivity index (χ4v) is 1.98. The van der Waals surface area contributed by atoms with Gasteiger partial charge < -0.3 is 5.32 Å². The maximum absolute atomic E-state index is 3.48. The predicted molar refractivity (Wildman–Crippen MR) is 58.9 cm³/mol. The number of rotatable bonds is 6.